The summed E-state index contributed by atoms with van der Waals surface area (Å²) in [6.45, 7) is 1.08. The second kappa shape index (κ2) is 6.83. The summed E-state index contributed by atoms with van der Waals surface area (Å²) in [5.41, 5.74) is 8.29. The number of anilines is 1. The molecule has 0 fully saturated rings. The standard InChI is InChI=1S/C17H18N4O2/c1-22-16-4-2-3-13(11-16)17-12-19-20-21(17)9-10-23-15-7-5-14(18)6-8-15/h2-8,11-12H,9-10,18H2,1H3. The van der Waals surface area contributed by atoms with Gasteiger partial charge in [0, 0.05) is 11.3 Å². The van der Waals surface area contributed by atoms with Gasteiger partial charge in [0.05, 0.1) is 25.5 Å². The van der Waals surface area contributed by atoms with Crippen LogP contribution in [0.25, 0.3) is 11.3 Å². The zero-order valence-corrected chi connectivity index (χ0v) is 12.8. The van der Waals surface area contributed by atoms with Gasteiger partial charge in [-0.05, 0) is 36.4 Å². The summed E-state index contributed by atoms with van der Waals surface area (Å²) < 4.78 is 12.8. The fourth-order valence-corrected chi connectivity index (χ4v) is 2.24. The Hall–Kier alpha value is -3.02. The molecule has 3 rings (SSSR count). The van der Waals surface area contributed by atoms with Gasteiger partial charge in [-0.15, -0.1) is 5.10 Å². The third-order valence-electron chi connectivity index (χ3n) is 3.44. The van der Waals surface area contributed by atoms with Gasteiger partial charge < -0.3 is 15.2 Å². The number of methoxy groups -OCH3 is 1. The molecule has 3 aromatic rings. The Bertz CT molecular complexity index is 768. The molecule has 2 N–H and O–H groups in total. The molecule has 0 amide bonds. The summed E-state index contributed by atoms with van der Waals surface area (Å²) in [4.78, 5) is 0. The van der Waals surface area contributed by atoms with Crippen molar-refractivity contribution in [1.29, 1.82) is 0 Å². The zero-order chi connectivity index (χ0) is 16.1. The predicted molar refractivity (Wildman–Crippen MR) is 88.4 cm³/mol. The van der Waals surface area contributed by atoms with E-state index < -0.39 is 0 Å². The molecule has 0 aliphatic rings. The van der Waals surface area contributed by atoms with Crippen molar-refractivity contribution in [3.8, 4) is 22.8 Å². The van der Waals surface area contributed by atoms with Gasteiger partial charge >= 0.3 is 0 Å². The molecule has 6 heteroatoms. The molecule has 6 nitrogen and oxygen atoms in total. The number of nitrogen functional groups attached to an aromatic ring is 1. The second-order valence-corrected chi connectivity index (χ2v) is 4.99. The van der Waals surface area contributed by atoms with Crippen LogP contribution in [0.15, 0.2) is 54.7 Å². The lowest BCUT2D eigenvalue weighted by Gasteiger charge is -2.09. The number of nitrogens with two attached hydrogens (primary N) is 1. The van der Waals surface area contributed by atoms with Crippen LogP contribution in [0, 0.1) is 0 Å². The van der Waals surface area contributed by atoms with Crippen molar-refractivity contribution < 1.29 is 9.47 Å². The molecule has 0 radical (unpaired) electrons. The Morgan fingerprint density at radius 2 is 1.91 bits per heavy atom. The average molecular weight is 310 g/mol. The van der Waals surface area contributed by atoms with Gasteiger partial charge in [-0.3, -0.25) is 0 Å². The van der Waals surface area contributed by atoms with Crippen LogP contribution in [-0.2, 0) is 6.54 Å². The molecule has 0 atom stereocenters. The molecular weight excluding hydrogens is 292 g/mol. The molecule has 0 bridgehead atoms. The number of ether oxygens (including phenoxy) is 2. The van der Waals surface area contributed by atoms with Crippen LogP contribution in [0.3, 0.4) is 0 Å². The molecule has 0 spiro atoms. The number of hydrogen-bond acceptors (Lipinski definition) is 5. The molecule has 0 unspecified atom stereocenters. The third kappa shape index (κ3) is 3.60. The van der Waals surface area contributed by atoms with E-state index in [1.54, 1.807) is 13.3 Å². The number of rotatable bonds is 6. The van der Waals surface area contributed by atoms with Crippen molar-refractivity contribution in [3.05, 3.63) is 54.7 Å². The predicted octanol–water partition coefficient (Wildman–Crippen LogP) is 2.61. The summed E-state index contributed by atoms with van der Waals surface area (Å²) in [6, 6.07) is 15.1. The van der Waals surface area contributed by atoms with Crippen molar-refractivity contribution in [3.63, 3.8) is 0 Å². The van der Waals surface area contributed by atoms with E-state index in [0.29, 0.717) is 18.8 Å². The maximum atomic E-state index is 5.70. The number of benzene rings is 2. The molecule has 2 aromatic carbocycles. The lowest BCUT2D eigenvalue weighted by Crippen LogP contribution is -2.10. The minimum Gasteiger partial charge on any atom is -0.497 e. The van der Waals surface area contributed by atoms with Crippen molar-refractivity contribution in [2.75, 3.05) is 19.5 Å². The van der Waals surface area contributed by atoms with Crippen molar-refractivity contribution in [2.24, 2.45) is 0 Å². The Morgan fingerprint density at radius 3 is 2.70 bits per heavy atom. The highest BCUT2D eigenvalue weighted by Crippen LogP contribution is 2.23. The van der Waals surface area contributed by atoms with E-state index in [4.69, 9.17) is 15.2 Å². The number of nitrogens with zero attached hydrogens (tertiary/aromatic N) is 3. The third-order valence-corrected chi connectivity index (χ3v) is 3.44. The quantitative estimate of drug-likeness (QED) is 0.708. The first kappa shape index (κ1) is 14.9. The molecule has 0 saturated heterocycles. The summed E-state index contributed by atoms with van der Waals surface area (Å²) in [6.07, 6.45) is 1.73. The first-order valence-corrected chi connectivity index (χ1v) is 7.27. The van der Waals surface area contributed by atoms with Crippen molar-refractivity contribution >= 4 is 5.69 Å². The summed E-state index contributed by atoms with van der Waals surface area (Å²) >= 11 is 0. The van der Waals surface area contributed by atoms with Crippen LogP contribution in [0.4, 0.5) is 5.69 Å². The van der Waals surface area contributed by atoms with Gasteiger partial charge in [-0.1, -0.05) is 17.3 Å². The summed E-state index contributed by atoms with van der Waals surface area (Å²) in [5.74, 6) is 1.58. The Kier molecular flexibility index (Phi) is 4.42. The number of hydrogen-bond donors (Lipinski definition) is 1. The van der Waals surface area contributed by atoms with Crippen LogP contribution < -0.4 is 15.2 Å². The smallest absolute Gasteiger partial charge is 0.119 e. The zero-order valence-electron chi connectivity index (χ0n) is 12.8. The highest BCUT2D eigenvalue weighted by molar-refractivity contribution is 5.60. The number of aromatic nitrogens is 3. The molecule has 1 heterocycles. The molecule has 0 aliphatic carbocycles. The van der Waals surface area contributed by atoms with E-state index >= 15 is 0 Å². The van der Waals surface area contributed by atoms with Gasteiger partial charge in [0.1, 0.15) is 18.1 Å². The molecule has 1 aromatic heterocycles. The van der Waals surface area contributed by atoms with E-state index in [1.807, 2.05) is 53.2 Å². The van der Waals surface area contributed by atoms with Crippen LogP contribution in [0.5, 0.6) is 11.5 Å². The molecular formula is C17H18N4O2. The van der Waals surface area contributed by atoms with E-state index in [0.717, 1.165) is 22.8 Å². The fourth-order valence-electron chi connectivity index (χ4n) is 2.24. The lowest BCUT2D eigenvalue weighted by molar-refractivity contribution is 0.290. The lowest BCUT2D eigenvalue weighted by atomic mass is 10.1. The Labute approximate surface area is 134 Å². The fraction of sp³-hybridized carbons (Fsp3) is 0.176. The summed E-state index contributed by atoms with van der Waals surface area (Å²) in [5, 5.41) is 8.11. The highest BCUT2D eigenvalue weighted by Gasteiger charge is 2.08. The topological polar surface area (TPSA) is 75.2 Å². The monoisotopic (exact) mass is 310 g/mol. The van der Waals surface area contributed by atoms with E-state index in [-0.39, 0.29) is 0 Å². The summed E-state index contributed by atoms with van der Waals surface area (Å²) in [7, 11) is 1.65. The molecule has 118 valence electrons. The molecule has 0 aliphatic heterocycles. The minimum absolute atomic E-state index is 0.490. The molecule has 0 saturated carbocycles. The van der Waals surface area contributed by atoms with E-state index in [9.17, 15) is 0 Å². The van der Waals surface area contributed by atoms with Crippen molar-refractivity contribution in [1.82, 2.24) is 15.0 Å². The average Bonchev–Trinajstić information content (AvgIpc) is 3.05. The van der Waals surface area contributed by atoms with Crippen LogP contribution in [0.2, 0.25) is 0 Å². The Balaban J connectivity index is 1.67. The van der Waals surface area contributed by atoms with Gasteiger partial charge in [0.15, 0.2) is 0 Å². The first-order chi connectivity index (χ1) is 11.3. The second-order valence-electron chi connectivity index (χ2n) is 4.99. The SMILES string of the molecule is COc1cccc(-c2cnnn2CCOc2ccc(N)cc2)c1. The van der Waals surface area contributed by atoms with Crippen LogP contribution in [0.1, 0.15) is 0 Å². The maximum Gasteiger partial charge on any atom is 0.119 e. The van der Waals surface area contributed by atoms with Crippen LogP contribution in [-0.4, -0.2) is 28.7 Å². The van der Waals surface area contributed by atoms with Crippen molar-refractivity contribution in [2.45, 2.75) is 6.54 Å². The minimum atomic E-state index is 0.490. The largest absolute Gasteiger partial charge is 0.497 e. The Morgan fingerprint density at radius 1 is 1.09 bits per heavy atom. The van der Waals surface area contributed by atoms with E-state index in [1.165, 1.54) is 0 Å². The van der Waals surface area contributed by atoms with Gasteiger partial charge in [-0.25, -0.2) is 4.68 Å². The van der Waals surface area contributed by atoms with Gasteiger partial charge in [0.2, 0.25) is 0 Å². The normalized spacial score (nSPS) is 10.5. The van der Waals surface area contributed by atoms with Gasteiger partial charge in [-0.2, -0.15) is 0 Å². The molecule has 23 heavy (non-hydrogen) atoms. The highest BCUT2D eigenvalue weighted by atomic mass is 16.5. The van der Waals surface area contributed by atoms with E-state index in [2.05, 4.69) is 10.3 Å². The first-order valence-electron chi connectivity index (χ1n) is 7.27. The maximum absolute atomic E-state index is 5.70. The van der Waals surface area contributed by atoms with Gasteiger partial charge in [0.25, 0.3) is 0 Å². The van der Waals surface area contributed by atoms with Crippen LogP contribution >= 0.6 is 0 Å².